The topological polar surface area (TPSA) is 83.9 Å². The Balaban J connectivity index is 1.83. The van der Waals surface area contributed by atoms with Crippen LogP contribution in [0.25, 0.3) is 0 Å². The Bertz CT molecular complexity index is 514. The highest BCUT2D eigenvalue weighted by Gasteiger charge is 2.54. The highest BCUT2D eigenvalue weighted by molar-refractivity contribution is 5.90. The summed E-state index contributed by atoms with van der Waals surface area (Å²) < 4.78 is 4.75. The molecule has 0 aromatic heterocycles. The van der Waals surface area contributed by atoms with Gasteiger partial charge >= 0.3 is 11.9 Å². The minimum atomic E-state index is -0.918. The monoisotopic (exact) mass is 293 g/mol. The van der Waals surface area contributed by atoms with Gasteiger partial charge in [0.05, 0.1) is 18.9 Å². The fraction of sp³-hybridized carbons (Fsp3) is 0.667. The average molecular weight is 293 g/mol. The number of allylic oxidation sites excluding steroid dienone is 2. The molecule has 0 radical (unpaired) electrons. The fourth-order valence-electron chi connectivity index (χ4n) is 4.10. The van der Waals surface area contributed by atoms with Crippen molar-refractivity contribution in [2.75, 3.05) is 13.7 Å². The summed E-state index contributed by atoms with van der Waals surface area (Å²) in [7, 11) is 1.31. The molecule has 1 N–H and O–H groups in total. The normalized spacial score (nSPS) is 37.0. The number of esters is 1. The lowest BCUT2D eigenvalue weighted by Gasteiger charge is -2.30. The zero-order chi connectivity index (χ0) is 15.1. The Hall–Kier alpha value is -1.85. The minimum absolute atomic E-state index is 0.0116. The second-order valence-electron chi connectivity index (χ2n) is 6.05. The maximum atomic E-state index is 12.8. The molecule has 6 heteroatoms. The van der Waals surface area contributed by atoms with Gasteiger partial charge in [0.1, 0.15) is 6.04 Å². The summed E-state index contributed by atoms with van der Waals surface area (Å²) in [6.07, 6.45) is 5.93. The lowest BCUT2D eigenvalue weighted by Crippen LogP contribution is -2.47. The number of methoxy groups -OCH3 is 1. The van der Waals surface area contributed by atoms with Gasteiger partial charge in [-0.3, -0.25) is 9.59 Å². The van der Waals surface area contributed by atoms with Crippen LogP contribution in [0.1, 0.15) is 19.3 Å². The van der Waals surface area contributed by atoms with Crippen LogP contribution in [0.4, 0.5) is 0 Å². The van der Waals surface area contributed by atoms with E-state index in [0.29, 0.717) is 13.0 Å². The standard InChI is InChI=1S/C15H19NO5/c1-21-15(20)10-3-2-6-16(10)13(17)11-8-4-5-9(7-8)12(11)14(18)19/h4-5,8-12H,2-3,6-7H2,1H3,(H,18,19)/t8-,9-,10-,11+,12-/m0/s1. The smallest absolute Gasteiger partial charge is 0.328 e. The Kier molecular flexibility index (Phi) is 3.47. The van der Waals surface area contributed by atoms with Gasteiger partial charge in [0.15, 0.2) is 0 Å². The van der Waals surface area contributed by atoms with E-state index in [1.807, 2.05) is 12.2 Å². The van der Waals surface area contributed by atoms with Gasteiger partial charge in [0.2, 0.25) is 5.91 Å². The van der Waals surface area contributed by atoms with E-state index in [4.69, 9.17) is 4.74 Å². The molecule has 0 unspecified atom stereocenters. The van der Waals surface area contributed by atoms with Gasteiger partial charge < -0.3 is 14.7 Å². The van der Waals surface area contributed by atoms with E-state index in [9.17, 15) is 19.5 Å². The number of hydrogen-bond donors (Lipinski definition) is 1. The van der Waals surface area contributed by atoms with E-state index in [2.05, 4.69) is 0 Å². The second-order valence-corrected chi connectivity index (χ2v) is 6.05. The summed E-state index contributed by atoms with van der Waals surface area (Å²) >= 11 is 0. The minimum Gasteiger partial charge on any atom is -0.481 e. The maximum absolute atomic E-state index is 12.8. The number of rotatable bonds is 3. The lowest BCUT2D eigenvalue weighted by atomic mass is 9.82. The van der Waals surface area contributed by atoms with Crippen LogP contribution in [0, 0.1) is 23.7 Å². The highest BCUT2D eigenvalue weighted by Crippen LogP contribution is 2.49. The van der Waals surface area contributed by atoms with E-state index >= 15 is 0 Å². The van der Waals surface area contributed by atoms with Crippen molar-refractivity contribution in [2.45, 2.75) is 25.3 Å². The number of ether oxygens (including phenoxy) is 1. The number of fused-ring (bicyclic) bond motifs is 2. The molecule has 3 rings (SSSR count). The SMILES string of the molecule is COC(=O)[C@@H]1CCCN1C(=O)[C@H]1[C@@H](C(=O)O)[C@H]2C=C[C@H]1C2. The molecule has 1 heterocycles. The molecule has 0 aromatic carbocycles. The average Bonchev–Trinajstić information content (AvgIpc) is 3.18. The van der Waals surface area contributed by atoms with Crippen LogP contribution in [0.2, 0.25) is 0 Å². The van der Waals surface area contributed by atoms with Crippen LogP contribution in [0.5, 0.6) is 0 Å². The molecule has 2 aliphatic carbocycles. The molecule has 21 heavy (non-hydrogen) atoms. The van der Waals surface area contributed by atoms with Crippen molar-refractivity contribution in [3.63, 3.8) is 0 Å². The Morgan fingerprint density at radius 2 is 1.86 bits per heavy atom. The van der Waals surface area contributed by atoms with Gasteiger partial charge in [-0.15, -0.1) is 0 Å². The molecular weight excluding hydrogens is 274 g/mol. The van der Waals surface area contributed by atoms with Crippen molar-refractivity contribution in [3.05, 3.63) is 12.2 Å². The zero-order valence-corrected chi connectivity index (χ0v) is 11.9. The number of carbonyl (C=O) groups excluding carboxylic acids is 2. The summed E-state index contributed by atoms with van der Waals surface area (Å²) in [5.41, 5.74) is 0. The number of hydrogen-bond acceptors (Lipinski definition) is 4. The third kappa shape index (κ3) is 2.13. The molecule has 1 saturated heterocycles. The third-order valence-electron chi connectivity index (χ3n) is 5.04. The zero-order valence-electron chi connectivity index (χ0n) is 11.9. The van der Waals surface area contributed by atoms with Gasteiger partial charge in [0, 0.05) is 6.54 Å². The molecular formula is C15H19NO5. The van der Waals surface area contributed by atoms with Crippen molar-refractivity contribution in [1.82, 2.24) is 4.90 Å². The Morgan fingerprint density at radius 3 is 2.48 bits per heavy atom. The molecule has 0 spiro atoms. The van der Waals surface area contributed by atoms with Crippen LogP contribution in [0.15, 0.2) is 12.2 Å². The van der Waals surface area contributed by atoms with Crippen LogP contribution in [0.3, 0.4) is 0 Å². The van der Waals surface area contributed by atoms with E-state index < -0.39 is 29.8 Å². The third-order valence-corrected chi connectivity index (χ3v) is 5.04. The predicted molar refractivity (Wildman–Crippen MR) is 72.1 cm³/mol. The van der Waals surface area contributed by atoms with Crippen molar-refractivity contribution < 1.29 is 24.2 Å². The molecule has 114 valence electrons. The summed E-state index contributed by atoms with van der Waals surface area (Å²) in [5.74, 6) is -2.80. The highest BCUT2D eigenvalue weighted by atomic mass is 16.5. The van der Waals surface area contributed by atoms with Gasteiger partial charge in [0.25, 0.3) is 0 Å². The maximum Gasteiger partial charge on any atom is 0.328 e. The summed E-state index contributed by atoms with van der Waals surface area (Å²) in [4.78, 5) is 37.6. The van der Waals surface area contributed by atoms with Crippen molar-refractivity contribution in [1.29, 1.82) is 0 Å². The molecule has 2 bridgehead atoms. The Labute approximate surface area is 122 Å². The molecule has 3 aliphatic rings. The van der Waals surface area contributed by atoms with Crippen molar-refractivity contribution in [2.24, 2.45) is 23.7 Å². The van der Waals surface area contributed by atoms with E-state index in [0.717, 1.165) is 12.8 Å². The number of nitrogens with zero attached hydrogens (tertiary/aromatic N) is 1. The summed E-state index contributed by atoms with van der Waals surface area (Å²) in [5, 5.41) is 9.42. The predicted octanol–water partition coefficient (Wildman–Crippen LogP) is 0.673. The van der Waals surface area contributed by atoms with Crippen LogP contribution >= 0.6 is 0 Å². The lowest BCUT2D eigenvalue weighted by molar-refractivity contribution is -0.156. The van der Waals surface area contributed by atoms with Gasteiger partial charge in [-0.25, -0.2) is 4.79 Å². The number of carbonyl (C=O) groups is 3. The van der Waals surface area contributed by atoms with E-state index in [1.165, 1.54) is 12.0 Å². The first-order valence-electron chi connectivity index (χ1n) is 7.34. The largest absolute Gasteiger partial charge is 0.481 e. The van der Waals surface area contributed by atoms with Crippen LogP contribution < -0.4 is 0 Å². The number of amides is 1. The van der Waals surface area contributed by atoms with E-state index in [-0.39, 0.29) is 17.7 Å². The van der Waals surface area contributed by atoms with Crippen molar-refractivity contribution >= 4 is 17.8 Å². The van der Waals surface area contributed by atoms with Gasteiger partial charge in [-0.2, -0.15) is 0 Å². The molecule has 1 amide bonds. The first-order valence-corrected chi connectivity index (χ1v) is 7.34. The molecule has 1 aliphatic heterocycles. The number of carboxylic acids is 1. The summed E-state index contributed by atoms with van der Waals surface area (Å²) in [6, 6.07) is -0.556. The number of aliphatic carboxylic acids is 1. The summed E-state index contributed by atoms with van der Waals surface area (Å²) in [6.45, 7) is 0.503. The number of carboxylic acid groups (broad SMARTS) is 1. The van der Waals surface area contributed by atoms with Gasteiger partial charge in [-0.05, 0) is 31.1 Å². The molecule has 2 fully saturated rings. The molecule has 1 saturated carbocycles. The van der Waals surface area contributed by atoms with Crippen LogP contribution in [-0.4, -0.2) is 47.5 Å². The van der Waals surface area contributed by atoms with Crippen molar-refractivity contribution in [3.8, 4) is 0 Å². The molecule has 5 atom stereocenters. The fourth-order valence-corrected chi connectivity index (χ4v) is 4.10. The quantitative estimate of drug-likeness (QED) is 0.611. The van der Waals surface area contributed by atoms with Gasteiger partial charge in [-0.1, -0.05) is 12.2 Å². The first kappa shape index (κ1) is 14.1. The second kappa shape index (κ2) is 5.16. The molecule has 6 nitrogen and oxygen atoms in total. The number of likely N-dealkylation sites (tertiary alicyclic amines) is 1. The Morgan fingerprint density at radius 1 is 1.19 bits per heavy atom. The van der Waals surface area contributed by atoms with Crippen LogP contribution in [-0.2, 0) is 19.1 Å². The first-order chi connectivity index (χ1) is 10.0. The molecule has 0 aromatic rings. The van der Waals surface area contributed by atoms with E-state index in [1.54, 1.807) is 0 Å².